The van der Waals surface area contributed by atoms with Crippen molar-refractivity contribution in [2.75, 3.05) is 24.7 Å². The van der Waals surface area contributed by atoms with Crippen LogP contribution in [0.2, 0.25) is 0 Å². The van der Waals surface area contributed by atoms with Crippen molar-refractivity contribution < 1.29 is 42.6 Å². The first-order chi connectivity index (χ1) is 12.4. The van der Waals surface area contributed by atoms with Crippen LogP contribution in [0.3, 0.4) is 0 Å². The summed E-state index contributed by atoms with van der Waals surface area (Å²) in [6.07, 6.45) is -4.80. The molecule has 2 heterocycles. The molecule has 0 saturated carbocycles. The molecular formula is C12H18FN3O9P2. The highest BCUT2D eigenvalue weighted by Crippen LogP contribution is 2.47. The van der Waals surface area contributed by atoms with Gasteiger partial charge in [-0.15, -0.1) is 0 Å². The lowest BCUT2D eigenvalue weighted by Crippen LogP contribution is -2.28. The summed E-state index contributed by atoms with van der Waals surface area (Å²) in [5.41, 5.74) is 4.15. The number of ether oxygens (including phenoxy) is 1. The van der Waals surface area contributed by atoms with Gasteiger partial charge in [0.15, 0.2) is 6.23 Å². The van der Waals surface area contributed by atoms with Crippen molar-refractivity contribution in [1.29, 1.82) is 0 Å². The smallest absolute Gasteiger partial charge is 0.351 e. The molecule has 1 saturated heterocycles. The zero-order valence-electron chi connectivity index (χ0n) is 13.7. The third kappa shape index (κ3) is 5.77. The molecule has 1 aliphatic rings. The van der Waals surface area contributed by atoms with Crippen LogP contribution in [-0.2, 0) is 18.4 Å². The Morgan fingerprint density at radius 2 is 2.04 bits per heavy atom. The second-order valence-corrected chi connectivity index (χ2v) is 9.43. The Kier molecular flexibility index (Phi) is 6.72. The topological polar surface area (TPSA) is 194 Å². The summed E-state index contributed by atoms with van der Waals surface area (Å²) in [6.45, 7) is -0.693. The van der Waals surface area contributed by atoms with Gasteiger partial charge in [0.2, 0.25) is 0 Å². The fraction of sp³-hybridized carbons (Fsp3) is 0.500. The predicted molar refractivity (Wildman–Crippen MR) is 89.6 cm³/mol. The first-order valence-corrected chi connectivity index (χ1v) is 11.0. The number of hydrogen-bond donors (Lipinski definition) is 5. The fourth-order valence-corrected chi connectivity index (χ4v) is 4.83. The van der Waals surface area contributed by atoms with Gasteiger partial charge >= 0.3 is 20.9 Å². The summed E-state index contributed by atoms with van der Waals surface area (Å²) >= 11 is 0. The molecule has 0 spiro atoms. The molecule has 2 rings (SSSR count). The Balaban J connectivity index is 2.10. The number of aliphatic hydroxyl groups excluding tert-OH is 1. The molecule has 0 bridgehead atoms. The van der Waals surface area contributed by atoms with E-state index in [0.29, 0.717) is 0 Å². The summed E-state index contributed by atoms with van der Waals surface area (Å²) in [5.74, 6) is -0.0771. The van der Waals surface area contributed by atoms with Crippen LogP contribution in [0.25, 0.3) is 0 Å². The van der Waals surface area contributed by atoms with Crippen LogP contribution in [-0.4, -0.2) is 60.5 Å². The maximum Gasteiger partial charge on any atom is 0.351 e. The summed E-state index contributed by atoms with van der Waals surface area (Å²) < 4.78 is 46.7. The van der Waals surface area contributed by atoms with Crippen LogP contribution in [0.4, 0.5) is 10.2 Å². The van der Waals surface area contributed by atoms with Crippen LogP contribution in [0.15, 0.2) is 29.0 Å². The van der Waals surface area contributed by atoms with Crippen LogP contribution in [0.5, 0.6) is 0 Å². The van der Waals surface area contributed by atoms with Crippen LogP contribution < -0.4 is 11.4 Å². The Labute approximate surface area is 151 Å². The molecule has 1 unspecified atom stereocenters. The quantitative estimate of drug-likeness (QED) is 0.345. The number of nitrogens with zero attached hydrogens (tertiary/aromatic N) is 2. The van der Waals surface area contributed by atoms with Gasteiger partial charge in [0, 0.05) is 11.8 Å². The van der Waals surface area contributed by atoms with Gasteiger partial charge in [-0.25, -0.2) is 9.18 Å². The van der Waals surface area contributed by atoms with Crippen LogP contribution in [0.1, 0.15) is 6.23 Å². The second kappa shape index (κ2) is 8.29. The molecule has 1 aromatic rings. The van der Waals surface area contributed by atoms with E-state index in [1.807, 2.05) is 0 Å². The Bertz CT molecular complexity index is 870. The average molecular weight is 429 g/mol. The van der Waals surface area contributed by atoms with Gasteiger partial charge in [0.05, 0.1) is 25.3 Å². The minimum Gasteiger partial charge on any atom is -0.386 e. The Hall–Kier alpha value is -1.43. The first-order valence-electron chi connectivity index (χ1n) is 7.43. The lowest BCUT2D eigenvalue weighted by Gasteiger charge is -2.18. The van der Waals surface area contributed by atoms with E-state index in [0.717, 1.165) is 4.57 Å². The molecule has 1 fully saturated rings. The van der Waals surface area contributed by atoms with Crippen molar-refractivity contribution in [3.05, 3.63) is 34.7 Å². The molecule has 0 aliphatic carbocycles. The number of hydrogen-bond acceptors (Lipinski definition) is 8. The third-order valence-electron chi connectivity index (χ3n) is 3.63. The normalized spacial score (nSPS) is 27.0. The fourth-order valence-electron chi connectivity index (χ4n) is 2.27. The van der Waals surface area contributed by atoms with E-state index >= 15 is 0 Å². The number of rotatable bonds is 7. The van der Waals surface area contributed by atoms with Crippen LogP contribution >= 0.6 is 15.2 Å². The zero-order chi connectivity index (χ0) is 20.4. The van der Waals surface area contributed by atoms with E-state index < -0.39 is 58.2 Å². The minimum absolute atomic E-state index is 0.0322. The highest BCUT2D eigenvalue weighted by molar-refractivity contribution is 7.56. The van der Waals surface area contributed by atoms with Gasteiger partial charge in [0.25, 0.3) is 0 Å². The van der Waals surface area contributed by atoms with E-state index in [4.69, 9.17) is 24.8 Å². The maximum atomic E-state index is 13.2. The Morgan fingerprint density at radius 1 is 1.37 bits per heavy atom. The van der Waals surface area contributed by atoms with Crippen molar-refractivity contribution in [2.45, 2.75) is 18.4 Å². The lowest BCUT2D eigenvalue weighted by molar-refractivity contribution is -0.0411. The van der Waals surface area contributed by atoms with Gasteiger partial charge in [-0.05, 0) is 6.07 Å². The van der Waals surface area contributed by atoms with Crippen molar-refractivity contribution in [3.8, 4) is 0 Å². The van der Waals surface area contributed by atoms with Gasteiger partial charge in [-0.2, -0.15) is 4.98 Å². The first kappa shape index (κ1) is 21.9. The number of nitrogens with two attached hydrogens (primary N) is 1. The van der Waals surface area contributed by atoms with Crippen LogP contribution in [0, 0.1) is 0 Å². The molecule has 0 aromatic carbocycles. The zero-order valence-corrected chi connectivity index (χ0v) is 15.4. The number of nitrogen functional groups attached to an aromatic ring is 1. The maximum absolute atomic E-state index is 13.2. The van der Waals surface area contributed by atoms with Gasteiger partial charge in [0.1, 0.15) is 18.0 Å². The highest BCUT2D eigenvalue weighted by atomic mass is 31.2. The number of aliphatic hydroxyl groups is 1. The van der Waals surface area contributed by atoms with Crippen molar-refractivity contribution in [3.63, 3.8) is 0 Å². The average Bonchev–Trinajstić information content (AvgIpc) is 2.86. The monoisotopic (exact) mass is 429 g/mol. The van der Waals surface area contributed by atoms with Crippen molar-refractivity contribution in [1.82, 2.24) is 9.55 Å². The van der Waals surface area contributed by atoms with Gasteiger partial charge < -0.3 is 34.8 Å². The molecule has 12 nitrogen and oxygen atoms in total. The molecule has 15 heteroatoms. The number of anilines is 1. The molecule has 27 heavy (non-hydrogen) atoms. The van der Waals surface area contributed by atoms with Crippen molar-refractivity contribution in [2.24, 2.45) is 0 Å². The molecule has 1 aromatic heterocycles. The Morgan fingerprint density at radius 3 is 2.59 bits per heavy atom. The summed E-state index contributed by atoms with van der Waals surface area (Å²) in [4.78, 5) is 42.4. The second-order valence-electron chi connectivity index (χ2n) is 5.67. The van der Waals surface area contributed by atoms with Gasteiger partial charge in [-0.1, -0.05) is 0 Å². The van der Waals surface area contributed by atoms with E-state index in [-0.39, 0.29) is 17.7 Å². The largest absolute Gasteiger partial charge is 0.386 e. The predicted octanol–water partition coefficient (Wildman–Crippen LogP) is -0.683. The molecule has 152 valence electrons. The molecular weight excluding hydrogens is 411 g/mol. The summed E-state index contributed by atoms with van der Waals surface area (Å²) in [6, 6.07) is 1.25. The number of aromatic nitrogens is 2. The van der Waals surface area contributed by atoms with E-state index in [1.165, 1.54) is 12.3 Å². The summed E-state index contributed by atoms with van der Waals surface area (Å²) in [5, 5.41) is 10.1. The molecule has 6 N–H and O–H groups in total. The molecule has 0 amide bonds. The van der Waals surface area contributed by atoms with E-state index in [9.17, 15) is 28.3 Å². The standard InChI is InChI=1S/C12H18FN3O9P2/c13-5-7-10(17)8(6-24-27(22,23)4-3-26(19,20)21)25-11(7)16-2-1-9(14)15-12(16)18/h1-2,5,8,10-11,17H,3-4,6H2,(H,22,23)(H2,14,15,18)(H2,19,20,21)/b7-5+/t8-,10-,11-/m1/s1. The highest BCUT2D eigenvalue weighted by Gasteiger charge is 2.42. The molecule has 4 atom stereocenters. The molecule has 0 radical (unpaired) electrons. The van der Waals surface area contributed by atoms with Crippen molar-refractivity contribution >= 4 is 21.0 Å². The lowest BCUT2D eigenvalue weighted by atomic mass is 10.1. The van der Waals surface area contributed by atoms with E-state index in [1.54, 1.807) is 0 Å². The summed E-state index contributed by atoms with van der Waals surface area (Å²) in [7, 11) is -8.90. The SMILES string of the molecule is Nc1ccn([C@@H]2O[C@H](COP(=O)(O)CCP(=O)(O)O)[C@H](O)/C2=C\F)c(=O)n1. The van der Waals surface area contributed by atoms with Gasteiger partial charge in [-0.3, -0.25) is 13.7 Å². The minimum atomic E-state index is -4.50. The molecule has 1 aliphatic heterocycles. The number of halogens is 1. The third-order valence-corrected chi connectivity index (χ3v) is 6.13. The van der Waals surface area contributed by atoms with E-state index in [2.05, 4.69) is 4.98 Å².